The van der Waals surface area contributed by atoms with Crippen LogP contribution in [0.5, 0.6) is 0 Å². The summed E-state index contributed by atoms with van der Waals surface area (Å²) in [4.78, 5) is 22.9. The van der Waals surface area contributed by atoms with E-state index >= 15 is 0 Å². The summed E-state index contributed by atoms with van der Waals surface area (Å²) in [6, 6.07) is -0.311. The first-order valence-electron chi connectivity index (χ1n) is 7.55. The Balaban J connectivity index is 2.39. The molecule has 0 saturated heterocycles. The molecule has 21 heavy (non-hydrogen) atoms. The quantitative estimate of drug-likeness (QED) is 0.663. The van der Waals surface area contributed by atoms with Crippen molar-refractivity contribution in [3.05, 3.63) is 0 Å². The van der Waals surface area contributed by atoms with Gasteiger partial charge in [0.1, 0.15) is 6.10 Å². The number of nitrogens with one attached hydrogen (secondary N) is 3. The first-order valence-corrected chi connectivity index (χ1v) is 7.55. The molecule has 0 aromatic carbocycles. The molecule has 0 heterocycles. The van der Waals surface area contributed by atoms with Gasteiger partial charge >= 0.3 is 12.1 Å². The molecule has 7 nitrogen and oxygen atoms in total. The molecule has 1 rings (SSSR count). The molecule has 1 atom stereocenters. The average molecular weight is 301 g/mol. The molecule has 0 aromatic heterocycles. The molecule has 0 aliphatic heterocycles. The highest BCUT2D eigenvalue weighted by Crippen LogP contribution is 2.21. The maximum Gasteiger partial charge on any atom is 0.407 e. The Labute approximate surface area is 126 Å². The highest BCUT2D eigenvalue weighted by atomic mass is 16.6. The van der Waals surface area contributed by atoms with Crippen LogP contribution in [0, 0.1) is 0 Å². The summed E-state index contributed by atoms with van der Waals surface area (Å²) in [6.45, 7) is 4.22. The van der Waals surface area contributed by atoms with Crippen molar-refractivity contribution in [2.24, 2.45) is 0 Å². The third kappa shape index (κ3) is 7.75. The summed E-state index contributed by atoms with van der Waals surface area (Å²) in [5.74, 6) is 0. The summed E-state index contributed by atoms with van der Waals surface area (Å²) in [5, 5.41) is 7.75. The van der Waals surface area contributed by atoms with E-state index in [2.05, 4.69) is 16.0 Å². The molecule has 1 saturated carbocycles. The molecule has 3 amide bonds. The number of amides is 3. The van der Waals surface area contributed by atoms with Gasteiger partial charge in [-0.1, -0.05) is 12.8 Å². The minimum Gasteiger partial charge on any atom is -0.442 e. The summed E-state index contributed by atoms with van der Waals surface area (Å²) in [7, 11) is 1.53. The van der Waals surface area contributed by atoms with Crippen LogP contribution in [-0.2, 0) is 9.47 Å². The molecule has 0 radical (unpaired) electrons. The van der Waals surface area contributed by atoms with Crippen LogP contribution in [0.3, 0.4) is 0 Å². The predicted octanol–water partition coefficient (Wildman–Crippen LogP) is 1.38. The number of carbonyl (C=O) groups excluding carboxylic acids is 2. The molecule has 0 bridgehead atoms. The van der Waals surface area contributed by atoms with Crippen LogP contribution in [-0.4, -0.2) is 50.6 Å². The number of hydrogen-bond acceptors (Lipinski definition) is 4. The topological polar surface area (TPSA) is 88.7 Å². The molecule has 1 fully saturated rings. The van der Waals surface area contributed by atoms with Gasteiger partial charge in [-0.3, -0.25) is 0 Å². The number of alkyl carbamates (subject to hydrolysis) is 1. The molecule has 0 aromatic rings. The van der Waals surface area contributed by atoms with Crippen molar-refractivity contribution >= 4 is 12.1 Å². The lowest BCUT2D eigenvalue weighted by Crippen LogP contribution is -2.43. The van der Waals surface area contributed by atoms with Gasteiger partial charge in [-0.25, -0.2) is 9.59 Å². The second kappa shape index (κ2) is 9.44. The highest BCUT2D eigenvalue weighted by Gasteiger charge is 2.21. The summed E-state index contributed by atoms with van der Waals surface area (Å²) >= 11 is 0. The fraction of sp³-hybridized carbons (Fsp3) is 0.857. The summed E-state index contributed by atoms with van der Waals surface area (Å²) < 4.78 is 11.1. The van der Waals surface area contributed by atoms with Crippen LogP contribution < -0.4 is 16.0 Å². The average Bonchev–Trinajstić information content (AvgIpc) is 2.93. The van der Waals surface area contributed by atoms with Gasteiger partial charge in [0.25, 0.3) is 0 Å². The first-order chi connectivity index (χ1) is 10.0. The van der Waals surface area contributed by atoms with E-state index in [4.69, 9.17) is 9.47 Å². The zero-order valence-corrected chi connectivity index (χ0v) is 13.1. The van der Waals surface area contributed by atoms with Crippen LogP contribution >= 0.6 is 0 Å². The smallest absolute Gasteiger partial charge is 0.407 e. The van der Waals surface area contributed by atoms with Gasteiger partial charge in [0.15, 0.2) is 0 Å². The van der Waals surface area contributed by atoms with Gasteiger partial charge in [0, 0.05) is 13.1 Å². The molecule has 1 unspecified atom stereocenters. The summed E-state index contributed by atoms with van der Waals surface area (Å²) in [6.07, 6.45) is 3.71. The standard InChI is InChI=1S/C14H27N3O4/c1-10(2)17-14(19)21-12(8-16-13(18)15-3)9-20-11-6-4-5-7-11/h10-12H,4-9H2,1-3H3,(H,17,19)(H2,15,16,18). The van der Waals surface area contributed by atoms with E-state index in [0.717, 1.165) is 12.8 Å². The largest absolute Gasteiger partial charge is 0.442 e. The van der Waals surface area contributed by atoms with Gasteiger partial charge in [0.2, 0.25) is 0 Å². The SMILES string of the molecule is CNC(=O)NCC(COC1CCCC1)OC(=O)NC(C)C. The molecule has 7 heteroatoms. The Morgan fingerprint density at radius 2 is 1.90 bits per heavy atom. The minimum absolute atomic E-state index is 0.000741. The van der Waals surface area contributed by atoms with E-state index in [9.17, 15) is 9.59 Å². The number of ether oxygens (including phenoxy) is 2. The monoisotopic (exact) mass is 301 g/mol. The molecule has 1 aliphatic rings. The first kappa shape index (κ1) is 17.6. The Kier molecular flexibility index (Phi) is 7.89. The minimum atomic E-state index is -0.498. The lowest BCUT2D eigenvalue weighted by Gasteiger charge is -2.21. The van der Waals surface area contributed by atoms with Crippen molar-refractivity contribution in [2.75, 3.05) is 20.2 Å². The molecular formula is C14H27N3O4. The Morgan fingerprint density at radius 3 is 2.48 bits per heavy atom. The predicted molar refractivity (Wildman–Crippen MR) is 79.2 cm³/mol. The zero-order valence-electron chi connectivity index (χ0n) is 13.1. The van der Waals surface area contributed by atoms with Crippen molar-refractivity contribution in [2.45, 2.75) is 57.8 Å². The van der Waals surface area contributed by atoms with Crippen LogP contribution in [0.25, 0.3) is 0 Å². The van der Waals surface area contributed by atoms with E-state index in [1.54, 1.807) is 0 Å². The van der Waals surface area contributed by atoms with Crippen molar-refractivity contribution in [3.8, 4) is 0 Å². The van der Waals surface area contributed by atoms with Gasteiger partial charge in [-0.15, -0.1) is 0 Å². The Bertz CT molecular complexity index is 330. The lowest BCUT2D eigenvalue weighted by atomic mass is 10.3. The number of carbonyl (C=O) groups is 2. The van der Waals surface area contributed by atoms with Gasteiger partial charge in [-0.2, -0.15) is 0 Å². The van der Waals surface area contributed by atoms with Crippen molar-refractivity contribution in [1.82, 2.24) is 16.0 Å². The molecular weight excluding hydrogens is 274 g/mol. The van der Waals surface area contributed by atoms with Crippen molar-refractivity contribution < 1.29 is 19.1 Å². The highest BCUT2D eigenvalue weighted by molar-refractivity contribution is 5.73. The number of hydrogen-bond donors (Lipinski definition) is 3. The third-order valence-electron chi connectivity index (χ3n) is 3.22. The number of rotatable bonds is 7. The third-order valence-corrected chi connectivity index (χ3v) is 3.22. The van der Waals surface area contributed by atoms with E-state index in [1.165, 1.54) is 19.9 Å². The maximum atomic E-state index is 11.7. The lowest BCUT2D eigenvalue weighted by molar-refractivity contribution is -0.0134. The van der Waals surface area contributed by atoms with E-state index in [0.29, 0.717) is 6.61 Å². The van der Waals surface area contributed by atoms with Crippen LogP contribution in [0.4, 0.5) is 9.59 Å². The molecule has 3 N–H and O–H groups in total. The normalized spacial score (nSPS) is 16.6. The maximum absolute atomic E-state index is 11.7. The molecule has 0 spiro atoms. The zero-order chi connectivity index (χ0) is 15.7. The van der Waals surface area contributed by atoms with Crippen molar-refractivity contribution in [1.29, 1.82) is 0 Å². The molecule has 122 valence electrons. The van der Waals surface area contributed by atoms with Gasteiger partial charge in [0.05, 0.1) is 19.3 Å². The van der Waals surface area contributed by atoms with Crippen molar-refractivity contribution in [3.63, 3.8) is 0 Å². The Morgan fingerprint density at radius 1 is 1.24 bits per heavy atom. The van der Waals surface area contributed by atoms with Crippen LogP contribution in [0.1, 0.15) is 39.5 Å². The van der Waals surface area contributed by atoms with E-state index in [-0.39, 0.29) is 24.7 Å². The van der Waals surface area contributed by atoms with Crippen LogP contribution in [0.15, 0.2) is 0 Å². The van der Waals surface area contributed by atoms with Gasteiger partial charge in [-0.05, 0) is 26.7 Å². The van der Waals surface area contributed by atoms with Gasteiger partial charge < -0.3 is 25.4 Å². The second-order valence-corrected chi connectivity index (χ2v) is 5.53. The number of urea groups is 1. The van der Waals surface area contributed by atoms with Crippen LogP contribution in [0.2, 0.25) is 0 Å². The van der Waals surface area contributed by atoms with E-state index < -0.39 is 12.2 Å². The summed E-state index contributed by atoms with van der Waals surface area (Å²) in [5.41, 5.74) is 0. The fourth-order valence-electron chi connectivity index (χ4n) is 2.15. The Hall–Kier alpha value is -1.50. The second-order valence-electron chi connectivity index (χ2n) is 5.53. The molecule has 1 aliphatic carbocycles. The van der Waals surface area contributed by atoms with E-state index in [1.807, 2.05) is 13.8 Å². The fourth-order valence-corrected chi connectivity index (χ4v) is 2.15.